The highest BCUT2D eigenvalue weighted by Crippen LogP contribution is 2.32. The van der Waals surface area contributed by atoms with Gasteiger partial charge in [0.25, 0.3) is 0 Å². The Balaban J connectivity index is 2.13. The van der Waals surface area contributed by atoms with Gasteiger partial charge in [0.15, 0.2) is 0 Å². The van der Waals surface area contributed by atoms with Crippen LogP contribution in [0.4, 0.5) is 0 Å². The molecule has 1 amide bonds. The lowest BCUT2D eigenvalue weighted by Gasteiger charge is -2.20. The number of aryl methyl sites for hydroxylation is 1. The van der Waals surface area contributed by atoms with Gasteiger partial charge in [-0.2, -0.15) is 0 Å². The minimum absolute atomic E-state index is 0.0965. The average molecular weight is 372 g/mol. The predicted octanol–water partition coefficient (Wildman–Crippen LogP) is 5.67. The molecule has 138 valence electrons. The number of carbonyl (C=O) groups excluding carboxylic acids is 1. The van der Waals surface area contributed by atoms with E-state index in [4.69, 9.17) is 16.3 Å². The van der Waals surface area contributed by atoms with Crippen molar-refractivity contribution >= 4 is 23.6 Å². The summed E-state index contributed by atoms with van der Waals surface area (Å²) in [5.41, 5.74) is 4.27. The van der Waals surface area contributed by atoms with Crippen LogP contribution in [0, 0.1) is 6.92 Å². The van der Waals surface area contributed by atoms with Crippen LogP contribution in [0.25, 0.3) is 6.08 Å². The van der Waals surface area contributed by atoms with E-state index < -0.39 is 0 Å². The van der Waals surface area contributed by atoms with Crippen LogP contribution in [-0.2, 0) is 4.79 Å². The highest BCUT2D eigenvalue weighted by molar-refractivity contribution is 6.30. The van der Waals surface area contributed by atoms with Crippen LogP contribution in [0.5, 0.6) is 5.75 Å². The topological polar surface area (TPSA) is 38.3 Å². The summed E-state index contributed by atoms with van der Waals surface area (Å²) in [5.74, 6) is 1.10. The van der Waals surface area contributed by atoms with Crippen molar-refractivity contribution in [3.8, 4) is 5.75 Å². The van der Waals surface area contributed by atoms with Crippen LogP contribution in [0.15, 0.2) is 42.5 Å². The number of benzene rings is 2. The van der Waals surface area contributed by atoms with Crippen LogP contribution in [0.2, 0.25) is 5.02 Å². The molecule has 0 spiro atoms. The van der Waals surface area contributed by atoms with Gasteiger partial charge in [0.05, 0.1) is 13.2 Å². The summed E-state index contributed by atoms with van der Waals surface area (Å²) in [4.78, 5) is 12.3. The minimum atomic E-state index is -0.131. The van der Waals surface area contributed by atoms with E-state index in [1.54, 1.807) is 31.4 Å². The molecule has 2 aromatic rings. The maximum Gasteiger partial charge on any atom is 0.244 e. The lowest BCUT2D eigenvalue weighted by molar-refractivity contribution is -0.117. The fraction of sp³-hybridized carbons (Fsp3) is 0.318. The summed E-state index contributed by atoms with van der Waals surface area (Å²) in [6, 6.07) is 11.4. The SMILES string of the molecule is COc1cc(C)c([C@H](C)NC(=O)/C=C/c2ccc(Cl)cc2)cc1C(C)C. The van der Waals surface area contributed by atoms with E-state index in [1.807, 2.05) is 32.0 Å². The molecule has 1 atom stereocenters. The second kappa shape index (κ2) is 8.91. The van der Waals surface area contributed by atoms with Gasteiger partial charge in [-0.3, -0.25) is 4.79 Å². The number of nitrogens with one attached hydrogen (secondary N) is 1. The molecule has 4 heteroatoms. The Labute approximate surface area is 161 Å². The third kappa shape index (κ3) is 5.12. The number of halogens is 1. The highest BCUT2D eigenvalue weighted by atomic mass is 35.5. The number of rotatable bonds is 6. The molecule has 0 aliphatic heterocycles. The fourth-order valence-electron chi connectivity index (χ4n) is 2.90. The molecule has 0 unspecified atom stereocenters. The fourth-order valence-corrected chi connectivity index (χ4v) is 3.02. The molecule has 3 nitrogen and oxygen atoms in total. The molecule has 0 saturated carbocycles. The Morgan fingerprint density at radius 1 is 1.12 bits per heavy atom. The average Bonchev–Trinajstić information content (AvgIpc) is 2.60. The summed E-state index contributed by atoms with van der Waals surface area (Å²) in [5, 5.41) is 3.71. The summed E-state index contributed by atoms with van der Waals surface area (Å²) in [6.07, 6.45) is 3.32. The number of hydrogen-bond donors (Lipinski definition) is 1. The number of amides is 1. The standard InChI is InChI=1S/C22H26ClNO2/c1-14(2)19-13-20(15(3)12-21(19)26-5)16(4)24-22(25)11-8-17-6-9-18(23)10-7-17/h6-14,16H,1-5H3,(H,24,25)/b11-8+/t16-/m0/s1. The number of hydrogen-bond acceptors (Lipinski definition) is 2. The Kier molecular flexibility index (Phi) is 6.87. The van der Waals surface area contributed by atoms with Crippen LogP contribution >= 0.6 is 11.6 Å². The van der Waals surface area contributed by atoms with Crippen LogP contribution in [0.1, 0.15) is 55.0 Å². The zero-order valence-electron chi connectivity index (χ0n) is 16.0. The molecule has 0 aliphatic rings. The first-order valence-electron chi connectivity index (χ1n) is 8.74. The minimum Gasteiger partial charge on any atom is -0.496 e. The molecule has 0 radical (unpaired) electrons. The highest BCUT2D eigenvalue weighted by Gasteiger charge is 2.16. The normalized spacial score (nSPS) is 12.4. The molecule has 0 saturated heterocycles. The smallest absolute Gasteiger partial charge is 0.244 e. The first-order chi connectivity index (χ1) is 12.3. The van der Waals surface area contributed by atoms with Gasteiger partial charge in [-0.1, -0.05) is 37.6 Å². The molecular formula is C22H26ClNO2. The van der Waals surface area contributed by atoms with Gasteiger partial charge in [-0.15, -0.1) is 0 Å². The Morgan fingerprint density at radius 2 is 1.77 bits per heavy atom. The molecule has 2 aromatic carbocycles. The lowest BCUT2D eigenvalue weighted by atomic mass is 9.93. The molecule has 26 heavy (non-hydrogen) atoms. The molecule has 0 aromatic heterocycles. The number of methoxy groups -OCH3 is 1. The van der Waals surface area contributed by atoms with E-state index in [2.05, 4.69) is 25.2 Å². The van der Waals surface area contributed by atoms with Crippen molar-refractivity contribution in [1.82, 2.24) is 5.32 Å². The first-order valence-corrected chi connectivity index (χ1v) is 9.12. The molecule has 0 aliphatic carbocycles. The molecule has 0 fully saturated rings. The van der Waals surface area contributed by atoms with Crippen molar-refractivity contribution < 1.29 is 9.53 Å². The van der Waals surface area contributed by atoms with Crippen LogP contribution in [0.3, 0.4) is 0 Å². The van der Waals surface area contributed by atoms with Gasteiger partial charge in [-0.05, 0) is 72.4 Å². The molecule has 0 heterocycles. The van der Waals surface area contributed by atoms with Crippen molar-refractivity contribution in [3.05, 3.63) is 69.8 Å². The largest absolute Gasteiger partial charge is 0.496 e. The van der Waals surface area contributed by atoms with Gasteiger partial charge in [-0.25, -0.2) is 0 Å². The van der Waals surface area contributed by atoms with Crippen molar-refractivity contribution in [2.75, 3.05) is 7.11 Å². The lowest BCUT2D eigenvalue weighted by Crippen LogP contribution is -2.25. The van der Waals surface area contributed by atoms with Crippen molar-refractivity contribution in [1.29, 1.82) is 0 Å². The first kappa shape index (κ1) is 20.1. The van der Waals surface area contributed by atoms with Gasteiger partial charge in [0, 0.05) is 11.1 Å². The third-order valence-electron chi connectivity index (χ3n) is 4.36. The number of carbonyl (C=O) groups is 1. The molecule has 0 bridgehead atoms. The maximum absolute atomic E-state index is 12.3. The maximum atomic E-state index is 12.3. The Morgan fingerprint density at radius 3 is 2.35 bits per heavy atom. The van der Waals surface area contributed by atoms with Crippen LogP contribution < -0.4 is 10.1 Å². The Hall–Kier alpha value is -2.26. The third-order valence-corrected chi connectivity index (χ3v) is 4.61. The summed E-state index contributed by atoms with van der Waals surface area (Å²) in [7, 11) is 1.69. The summed E-state index contributed by atoms with van der Waals surface area (Å²) in [6.45, 7) is 8.30. The quantitative estimate of drug-likeness (QED) is 0.664. The van der Waals surface area contributed by atoms with E-state index >= 15 is 0 Å². The van der Waals surface area contributed by atoms with E-state index in [-0.39, 0.29) is 11.9 Å². The summed E-state index contributed by atoms with van der Waals surface area (Å²) < 4.78 is 5.49. The Bertz CT molecular complexity index is 795. The van der Waals surface area contributed by atoms with Gasteiger partial charge < -0.3 is 10.1 Å². The number of ether oxygens (including phenoxy) is 1. The monoisotopic (exact) mass is 371 g/mol. The van der Waals surface area contributed by atoms with Crippen molar-refractivity contribution in [3.63, 3.8) is 0 Å². The second-order valence-electron chi connectivity index (χ2n) is 6.72. The molecule has 2 rings (SSSR count). The van der Waals surface area contributed by atoms with Gasteiger partial charge in [0.1, 0.15) is 5.75 Å². The van der Waals surface area contributed by atoms with E-state index in [9.17, 15) is 4.79 Å². The van der Waals surface area contributed by atoms with Crippen molar-refractivity contribution in [2.45, 2.75) is 39.7 Å². The second-order valence-corrected chi connectivity index (χ2v) is 7.16. The zero-order valence-corrected chi connectivity index (χ0v) is 16.7. The molecular weight excluding hydrogens is 346 g/mol. The predicted molar refractivity (Wildman–Crippen MR) is 109 cm³/mol. The van der Waals surface area contributed by atoms with Crippen LogP contribution in [-0.4, -0.2) is 13.0 Å². The van der Waals surface area contributed by atoms with E-state index in [0.29, 0.717) is 10.9 Å². The van der Waals surface area contributed by atoms with Crippen molar-refractivity contribution in [2.24, 2.45) is 0 Å². The molecule has 1 N–H and O–H groups in total. The van der Waals surface area contributed by atoms with Gasteiger partial charge in [0.2, 0.25) is 5.91 Å². The van der Waals surface area contributed by atoms with E-state index in [1.165, 1.54) is 0 Å². The summed E-state index contributed by atoms with van der Waals surface area (Å²) >= 11 is 5.87. The zero-order chi connectivity index (χ0) is 19.3. The van der Waals surface area contributed by atoms with Gasteiger partial charge >= 0.3 is 0 Å². The van der Waals surface area contributed by atoms with E-state index in [0.717, 1.165) is 28.0 Å².